The molecule has 5 heteroatoms. The molecule has 0 fully saturated rings. The van der Waals surface area contributed by atoms with E-state index in [0.29, 0.717) is 7.25 Å². The van der Waals surface area contributed by atoms with Gasteiger partial charge in [-0.25, -0.2) is 0 Å². The Bertz CT molecular complexity index is 1230. The minimum atomic E-state index is -4.66. The predicted molar refractivity (Wildman–Crippen MR) is 127 cm³/mol. The largest absolute Gasteiger partial charge is 1.00 e. The van der Waals surface area contributed by atoms with Crippen molar-refractivity contribution < 1.29 is 36.4 Å². The van der Waals surface area contributed by atoms with E-state index in [4.69, 9.17) is 0 Å². The summed E-state index contributed by atoms with van der Waals surface area (Å²) >= 11 is -4.66. The molecule has 29 heavy (non-hydrogen) atoms. The molecule has 3 aliphatic rings. The van der Waals surface area contributed by atoms with E-state index in [1.54, 1.807) is 22.3 Å². The van der Waals surface area contributed by atoms with Crippen molar-refractivity contribution in [3.8, 4) is 0 Å². The molecular formula is C24H38Cl2Si2Zr-2. The topological polar surface area (TPSA) is 0 Å². The maximum atomic E-state index is 2.74. The molecule has 4 rings (SSSR count). The number of fused-ring (bicyclic) bond motifs is 2. The third-order valence-corrected chi connectivity index (χ3v) is 40.3. The molecule has 0 heterocycles. The van der Waals surface area contributed by atoms with Crippen LogP contribution < -0.4 is 24.8 Å². The fraction of sp³-hybridized carbons (Fsp3) is 0.500. The maximum absolute atomic E-state index is 4.66. The molecule has 162 valence electrons. The Kier molecular flexibility index (Phi) is 4.97. The first-order valence-electron chi connectivity index (χ1n) is 11.0. The summed E-state index contributed by atoms with van der Waals surface area (Å²) in [6.45, 7) is 7.14. The van der Waals surface area contributed by atoms with Gasteiger partial charge in [-0.1, -0.05) is 0 Å². The molecular weight excluding hydrogens is 507 g/mol. The number of rotatable bonds is 4. The molecule has 3 aliphatic carbocycles. The first-order chi connectivity index (χ1) is 12.0. The molecule has 0 nitrogen and oxygen atoms in total. The number of benzene rings is 1. The number of allylic oxidation sites excluding steroid dienone is 5. The van der Waals surface area contributed by atoms with Crippen LogP contribution in [0.1, 0.15) is 52.1 Å². The molecule has 0 spiro atoms. The molecule has 0 radical (unpaired) electrons. The molecule has 2 atom stereocenters. The van der Waals surface area contributed by atoms with Crippen LogP contribution in [-0.4, -0.2) is 13.8 Å². The minimum Gasteiger partial charge on any atom is -1.00 e. The van der Waals surface area contributed by atoms with Crippen LogP contribution in [0.2, 0.25) is 22.2 Å². The van der Waals surface area contributed by atoms with Gasteiger partial charge in [-0.15, -0.1) is 0 Å². The van der Waals surface area contributed by atoms with Crippen LogP contribution in [0.4, 0.5) is 0 Å². The van der Waals surface area contributed by atoms with Gasteiger partial charge >= 0.3 is 160 Å². The minimum absolute atomic E-state index is 0. The SMILES string of the molecule is CCCC1=C[CH]([Zr]([CH3])([CH3])([CH3])([CH3])(=[SiH2])(=[SiH2])[CH]2C=Cc3cc4c(cc32)CCC4)C=C1.[Cl-].[Cl-]. The normalized spacial score (nSPS) is 27.3. The Balaban J connectivity index is 0.00000150. The van der Waals surface area contributed by atoms with Crippen molar-refractivity contribution in [2.75, 3.05) is 0 Å². The van der Waals surface area contributed by atoms with E-state index in [0.717, 1.165) is 0 Å². The van der Waals surface area contributed by atoms with Crippen LogP contribution in [0.5, 0.6) is 0 Å². The van der Waals surface area contributed by atoms with E-state index < -0.39 is 11.6 Å². The molecule has 2 unspecified atom stereocenters. The summed E-state index contributed by atoms with van der Waals surface area (Å²) < 4.78 is 12.0. The molecule has 0 amide bonds. The Morgan fingerprint density at radius 2 is 1.55 bits per heavy atom. The quantitative estimate of drug-likeness (QED) is 0.466. The van der Waals surface area contributed by atoms with E-state index in [1.807, 2.05) is 0 Å². The van der Waals surface area contributed by atoms with Crippen molar-refractivity contribution in [2.24, 2.45) is 0 Å². The molecule has 0 bridgehead atoms. The molecule has 0 saturated carbocycles. The monoisotopic (exact) mass is 542 g/mol. The van der Waals surface area contributed by atoms with E-state index >= 15 is 0 Å². The molecule has 0 saturated heterocycles. The molecule has 0 N–H and O–H groups in total. The van der Waals surface area contributed by atoms with Gasteiger partial charge in [0.1, 0.15) is 0 Å². The molecule has 0 aromatic heterocycles. The Hall–Kier alpha value is 0.337. The van der Waals surface area contributed by atoms with E-state index in [2.05, 4.69) is 81.7 Å². The van der Waals surface area contributed by atoms with Crippen molar-refractivity contribution in [3.63, 3.8) is 0 Å². The fourth-order valence-electron chi connectivity index (χ4n) is 6.20. The summed E-state index contributed by atoms with van der Waals surface area (Å²) in [6, 6.07) is 5.11. The van der Waals surface area contributed by atoms with Crippen LogP contribution in [0, 0.1) is 0 Å². The Morgan fingerprint density at radius 3 is 2.17 bits per heavy atom. The van der Waals surface area contributed by atoms with Crippen LogP contribution in [0.25, 0.3) is 6.08 Å². The average Bonchev–Trinajstić information content (AvgIpc) is 3.22. The summed E-state index contributed by atoms with van der Waals surface area (Å²) in [7, 11) is 0. The molecule has 1 aromatic carbocycles. The Morgan fingerprint density at radius 1 is 0.931 bits per heavy atom. The van der Waals surface area contributed by atoms with Gasteiger partial charge in [-0.3, -0.25) is 0 Å². The van der Waals surface area contributed by atoms with Crippen LogP contribution in [-0.2, 0) is 24.4 Å². The van der Waals surface area contributed by atoms with Crippen molar-refractivity contribution in [1.29, 1.82) is 0 Å². The smallest absolute Gasteiger partial charge is 1.00 e. The summed E-state index contributed by atoms with van der Waals surface area (Å²) in [5, 5.41) is 0. The van der Waals surface area contributed by atoms with E-state index in [-0.39, 0.29) is 24.8 Å². The van der Waals surface area contributed by atoms with Crippen LogP contribution >= 0.6 is 0 Å². The summed E-state index contributed by atoms with van der Waals surface area (Å²) in [5.41, 5.74) is 7.89. The zero-order chi connectivity index (χ0) is 19.9. The van der Waals surface area contributed by atoms with Gasteiger partial charge in [0.25, 0.3) is 0 Å². The van der Waals surface area contributed by atoms with Gasteiger partial charge in [-0.05, 0) is 0 Å². The zero-order valence-corrected chi connectivity index (χ0v) is 25.7. The zero-order valence-electron chi connectivity index (χ0n) is 18.9. The van der Waals surface area contributed by atoms with Crippen molar-refractivity contribution in [1.82, 2.24) is 0 Å². The first-order valence-corrected chi connectivity index (χ1v) is 35.5. The summed E-state index contributed by atoms with van der Waals surface area (Å²) in [4.78, 5) is 0. The number of halogens is 2. The van der Waals surface area contributed by atoms with Crippen molar-refractivity contribution >= 4 is 19.8 Å². The molecule has 0 aliphatic heterocycles. The van der Waals surface area contributed by atoms with Crippen LogP contribution in [0.15, 0.2) is 42.0 Å². The van der Waals surface area contributed by atoms with Gasteiger partial charge < -0.3 is 24.8 Å². The van der Waals surface area contributed by atoms with Gasteiger partial charge in [0.15, 0.2) is 0 Å². The third-order valence-electron chi connectivity index (χ3n) is 8.41. The standard InChI is InChI=1S/C12H11.C8H11.4CH3.2ClH.2H2Si.Zr/c1-3-9-7-11-5-2-6-12(11)8-10(9)4-1;1-2-5-8-6-3-4-7-8;;;;;;;;;/h1,3-4,7-8H,2,5-6H2;3-4,6-7H,2,5H2,1H3;4*1H3;2*1H;2*1H2;/p-2. The summed E-state index contributed by atoms with van der Waals surface area (Å²) in [5.74, 6) is 0. The van der Waals surface area contributed by atoms with Gasteiger partial charge in [0.2, 0.25) is 0 Å². The van der Waals surface area contributed by atoms with Crippen molar-refractivity contribution in [3.05, 3.63) is 64.3 Å². The number of aryl methyl sites for hydroxylation is 2. The fourth-order valence-corrected chi connectivity index (χ4v) is 28.7. The van der Waals surface area contributed by atoms with E-state index in [9.17, 15) is 0 Å². The van der Waals surface area contributed by atoms with Gasteiger partial charge in [0, 0.05) is 0 Å². The van der Waals surface area contributed by atoms with Crippen LogP contribution in [0.3, 0.4) is 0 Å². The van der Waals surface area contributed by atoms with E-state index in [1.165, 1.54) is 37.7 Å². The maximum Gasteiger partial charge on any atom is -1.00 e. The second-order valence-electron chi connectivity index (χ2n) is 15.7. The number of hydrogen-bond donors (Lipinski definition) is 0. The van der Waals surface area contributed by atoms with Crippen molar-refractivity contribution in [2.45, 2.75) is 64.8 Å². The predicted octanol–water partition coefficient (Wildman–Crippen LogP) is -0.0787. The van der Waals surface area contributed by atoms with Gasteiger partial charge in [0.05, 0.1) is 0 Å². The third kappa shape index (κ3) is 3.86. The number of hydrogen-bond acceptors (Lipinski definition) is 0. The Labute approximate surface area is 183 Å². The average molecular weight is 545 g/mol. The summed E-state index contributed by atoms with van der Waals surface area (Å²) in [6.07, 6.45) is 19.0. The first kappa shape index (κ1) is 25.6. The van der Waals surface area contributed by atoms with Gasteiger partial charge in [-0.2, -0.15) is 0 Å². The second kappa shape index (κ2) is 5.63. The second-order valence-corrected chi connectivity index (χ2v) is 120. The molecule has 1 aromatic rings.